The summed E-state index contributed by atoms with van der Waals surface area (Å²) in [6, 6.07) is 18.2. The van der Waals surface area contributed by atoms with E-state index >= 15 is 0 Å². The number of amides is 2. The Morgan fingerprint density at radius 1 is 1.04 bits per heavy atom. The molecule has 0 spiro atoms. The van der Waals surface area contributed by atoms with Gasteiger partial charge in [0.15, 0.2) is 0 Å². The minimum Gasteiger partial charge on any atom is -0.379 e. The van der Waals surface area contributed by atoms with Crippen molar-refractivity contribution in [2.45, 2.75) is 17.9 Å². The third-order valence-corrected chi connectivity index (χ3v) is 5.48. The first kappa shape index (κ1) is 19.7. The summed E-state index contributed by atoms with van der Waals surface area (Å²) in [5, 5.41) is 5.95. The van der Waals surface area contributed by atoms with E-state index in [2.05, 4.69) is 33.7 Å². The first-order valence-corrected chi connectivity index (χ1v) is 10.4. The molecular weight excluding hydrogens is 358 g/mol. The summed E-state index contributed by atoms with van der Waals surface area (Å²) in [4.78, 5) is 15.8. The number of ether oxygens (including phenoxy) is 1. The van der Waals surface area contributed by atoms with Crippen molar-refractivity contribution in [1.82, 2.24) is 10.2 Å². The van der Waals surface area contributed by atoms with Crippen molar-refractivity contribution in [1.29, 1.82) is 0 Å². The summed E-state index contributed by atoms with van der Waals surface area (Å²) < 4.78 is 5.40. The highest BCUT2D eigenvalue weighted by atomic mass is 32.2. The zero-order valence-corrected chi connectivity index (χ0v) is 16.3. The molecule has 144 valence electrons. The number of morpholine rings is 1. The van der Waals surface area contributed by atoms with Gasteiger partial charge in [-0.3, -0.25) is 4.90 Å². The highest BCUT2D eigenvalue weighted by molar-refractivity contribution is 7.99. The number of nitrogens with zero attached hydrogens (tertiary/aromatic N) is 1. The maximum atomic E-state index is 12.2. The molecule has 1 saturated heterocycles. The molecule has 2 N–H and O–H groups in total. The summed E-state index contributed by atoms with van der Waals surface area (Å²) in [5.41, 5.74) is 2.01. The topological polar surface area (TPSA) is 53.6 Å². The third-order valence-electron chi connectivity index (χ3n) is 4.38. The number of carbonyl (C=O) groups is 1. The number of anilines is 1. The Balaban J connectivity index is 1.39. The number of nitrogens with one attached hydrogen (secondary N) is 2. The van der Waals surface area contributed by atoms with Gasteiger partial charge in [0.2, 0.25) is 0 Å². The largest absolute Gasteiger partial charge is 0.379 e. The fourth-order valence-corrected chi connectivity index (χ4v) is 3.80. The average Bonchev–Trinajstić information content (AvgIpc) is 2.71. The molecule has 0 aliphatic carbocycles. The minimum absolute atomic E-state index is 0.144. The lowest BCUT2D eigenvalue weighted by Gasteiger charge is -2.27. The molecule has 0 unspecified atom stereocenters. The van der Waals surface area contributed by atoms with Crippen LogP contribution in [-0.2, 0) is 11.3 Å². The van der Waals surface area contributed by atoms with Gasteiger partial charge in [0.1, 0.15) is 0 Å². The van der Waals surface area contributed by atoms with Crippen LogP contribution in [0.15, 0.2) is 59.5 Å². The van der Waals surface area contributed by atoms with Gasteiger partial charge in [0.05, 0.1) is 13.2 Å². The van der Waals surface area contributed by atoms with Crippen LogP contribution in [0.5, 0.6) is 0 Å². The van der Waals surface area contributed by atoms with Crippen molar-refractivity contribution < 1.29 is 9.53 Å². The van der Waals surface area contributed by atoms with E-state index in [-0.39, 0.29) is 6.03 Å². The smallest absolute Gasteiger partial charge is 0.319 e. The fourth-order valence-electron chi connectivity index (χ4n) is 2.93. The van der Waals surface area contributed by atoms with Crippen LogP contribution in [0.3, 0.4) is 0 Å². The lowest BCUT2D eigenvalue weighted by atomic mass is 10.1. The van der Waals surface area contributed by atoms with Crippen LogP contribution in [0.4, 0.5) is 10.5 Å². The Morgan fingerprint density at radius 2 is 1.78 bits per heavy atom. The van der Waals surface area contributed by atoms with Gasteiger partial charge in [0.25, 0.3) is 0 Å². The van der Waals surface area contributed by atoms with Crippen molar-refractivity contribution in [3.8, 4) is 0 Å². The standard InChI is InChI=1S/C21H27N3O2S/c25-21(22-11-6-16-27-19-8-2-1-3-9-19)23-20-10-5-4-7-18(20)17-24-12-14-26-15-13-24/h1-5,7-10H,6,11-17H2,(H2,22,23,25). The second-order valence-corrected chi connectivity index (χ2v) is 7.61. The van der Waals surface area contributed by atoms with Gasteiger partial charge in [-0.25, -0.2) is 4.79 Å². The van der Waals surface area contributed by atoms with Crippen LogP contribution in [0.25, 0.3) is 0 Å². The molecule has 1 fully saturated rings. The van der Waals surface area contributed by atoms with Crippen molar-refractivity contribution in [3.63, 3.8) is 0 Å². The van der Waals surface area contributed by atoms with Gasteiger partial charge in [0, 0.05) is 36.8 Å². The summed E-state index contributed by atoms with van der Waals surface area (Å²) in [6.07, 6.45) is 0.933. The first-order chi connectivity index (χ1) is 13.3. The van der Waals surface area contributed by atoms with E-state index in [1.807, 2.05) is 48.2 Å². The molecule has 2 aromatic rings. The van der Waals surface area contributed by atoms with Gasteiger partial charge in [-0.1, -0.05) is 36.4 Å². The molecule has 0 radical (unpaired) electrons. The van der Waals surface area contributed by atoms with Crippen LogP contribution in [0, 0.1) is 0 Å². The Labute approximate surface area is 165 Å². The monoisotopic (exact) mass is 385 g/mol. The number of hydrogen-bond donors (Lipinski definition) is 2. The normalized spacial score (nSPS) is 14.7. The third kappa shape index (κ3) is 6.90. The lowest BCUT2D eigenvalue weighted by molar-refractivity contribution is 0.0343. The fraction of sp³-hybridized carbons (Fsp3) is 0.381. The molecule has 27 heavy (non-hydrogen) atoms. The molecule has 6 heteroatoms. The van der Waals surface area contributed by atoms with Crippen molar-refractivity contribution in [2.75, 3.05) is 43.9 Å². The highest BCUT2D eigenvalue weighted by Gasteiger charge is 2.13. The Hall–Kier alpha value is -2.02. The molecule has 3 rings (SSSR count). The summed E-state index contributed by atoms with van der Waals surface area (Å²) in [5.74, 6) is 0.984. The second kappa shape index (κ2) is 11.0. The van der Waals surface area contributed by atoms with E-state index in [0.717, 1.165) is 56.3 Å². The maximum Gasteiger partial charge on any atom is 0.319 e. The SMILES string of the molecule is O=C(NCCCSc1ccccc1)Nc1ccccc1CN1CCOCC1. The minimum atomic E-state index is -0.144. The molecule has 2 aromatic carbocycles. The molecule has 1 heterocycles. The zero-order chi connectivity index (χ0) is 18.7. The van der Waals surface area contributed by atoms with Crippen LogP contribution in [-0.4, -0.2) is 49.5 Å². The molecular formula is C21H27N3O2S. The molecule has 1 aliphatic heterocycles. The molecule has 2 amide bonds. The van der Waals surface area contributed by atoms with Gasteiger partial charge < -0.3 is 15.4 Å². The molecule has 1 aliphatic rings. The van der Waals surface area contributed by atoms with Gasteiger partial charge in [-0.15, -0.1) is 11.8 Å². The lowest BCUT2D eigenvalue weighted by Crippen LogP contribution is -2.36. The number of hydrogen-bond acceptors (Lipinski definition) is 4. The van der Waals surface area contributed by atoms with Crippen LogP contribution >= 0.6 is 11.8 Å². The molecule has 0 aromatic heterocycles. The van der Waals surface area contributed by atoms with E-state index in [1.165, 1.54) is 4.90 Å². The highest BCUT2D eigenvalue weighted by Crippen LogP contribution is 2.18. The number of benzene rings is 2. The molecule has 0 atom stereocenters. The van der Waals surface area contributed by atoms with Gasteiger partial charge in [-0.05, 0) is 35.9 Å². The molecule has 5 nitrogen and oxygen atoms in total. The van der Waals surface area contributed by atoms with E-state index in [1.54, 1.807) is 0 Å². The predicted molar refractivity (Wildman–Crippen MR) is 111 cm³/mol. The Bertz CT molecular complexity index is 706. The van der Waals surface area contributed by atoms with Crippen LogP contribution < -0.4 is 10.6 Å². The maximum absolute atomic E-state index is 12.2. The summed E-state index contributed by atoms with van der Waals surface area (Å²) >= 11 is 1.81. The van der Waals surface area contributed by atoms with Gasteiger partial charge >= 0.3 is 6.03 Å². The van der Waals surface area contributed by atoms with E-state index in [9.17, 15) is 4.79 Å². The van der Waals surface area contributed by atoms with Crippen molar-refractivity contribution >= 4 is 23.5 Å². The number of thioether (sulfide) groups is 1. The summed E-state index contributed by atoms with van der Waals surface area (Å²) in [7, 11) is 0. The Morgan fingerprint density at radius 3 is 2.59 bits per heavy atom. The average molecular weight is 386 g/mol. The first-order valence-electron chi connectivity index (χ1n) is 9.42. The quantitative estimate of drug-likeness (QED) is 0.536. The van der Waals surface area contributed by atoms with E-state index in [4.69, 9.17) is 4.74 Å². The van der Waals surface area contributed by atoms with E-state index < -0.39 is 0 Å². The van der Waals surface area contributed by atoms with Crippen LogP contribution in [0.2, 0.25) is 0 Å². The van der Waals surface area contributed by atoms with E-state index in [0.29, 0.717) is 6.54 Å². The van der Waals surface area contributed by atoms with Gasteiger partial charge in [-0.2, -0.15) is 0 Å². The zero-order valence-electron chi connectivity index (χ0n) is 15.5. The molecule has 0 saturated carbocycles. The summed E-state index contributed by atoms with van der Waals surface area (Å²) in [6.45, 7) is 4.90. The second-order valence-electron chi connectivity index (χ2n) is 6.44. The number of para-hydroxylation sites is 1. The van der Waals surface area contributed by atoms with Crippen molar-refractivity contribution in [3.05, 3.63) is 60.2 Å². The Kier molecular flexibility index (Phi) is 8.02. The number of urea groups is 1. The number of carbonyl (C=O) groups excluding carboxylic acids is 1. The van der Waals surface area contributed by atoms with Crippen LogP contribution in [0.1, 0.15) is 12.0 Å². The van der Waals surface area contributed by atoms with Crippen molar-refractivity contribution in [2.24, 2.45) is 0 Å². The molecule has 0 bridgehead atoms. The number of rotatable bonds is 8. The predicted octanol–water partition coefficient (Wildman–Crippen LogP) is 3.82.